The molecule has 15 heteroatoms. The molecule has 0 saturated carbocycles. The molecule has 3 N–H and O–H groups in total. The number of rotatable bonds is 5. The normalized spacial score (nSPS) is 10.3. The first-order chi connectivity index (χ1) is 20.6. The number of carboxylic acids is 2. The third-order valence-electron chi connectivity index (χ3n) is 5.68. The number of methoxy groups -OCH3 is 2. The van der Waals surface area contributed by atoms with Crippen LogP contribution < -0.4 is 9.47 Å². The Morgan fingerprint density at radius 1 is 0.814 bits per heavy atom. The van der Waals surface area contributed by atoms with Crippen LogP contribution >= 0.6 is 45.2 Å². The monoisotopic (exact) mass is 810 g/mol. The van der Waals surface area contributed by atoms with Crippen molar-refractivity contribution in [1.29, 1.82) is 0 Å². The molecule has 0 spiro atoms. The van der Waals surface area contributed by atoms with E-state index in [1.807, 2.05) is 34.7 Å². The fourth-order valence-corrected chi connectivity index (χ4v) is 4.59. The zero-order chi connectivity index (χ0) is 31.1. The summed E-state index contributed by atoms with van der Waals surface area (Å²) in [6, 6.07) is 17.1. The van der Waals surface area contributed by atoms with Gasteiger partial charge in [0.2, 0.25) is 5.95 Å². The lowest BCUT2D eigenvalue weighted by molar-refractivity contribution is 0.0681. The van der Waals surface area contributed by atoms with E-state index in [9.17, 15) is 19.1 Å². The van der Waals surface area contributed by atoms with Gasteiger partial charge in [-0.3, -0.25) is 5.10 Å². The van der Waals surface area contributed by atoms with Gasteiger partial charge in [0.05, 0.1) is 25.3 Å². The van der Waals surface area contributed by atoms with Gasteiger partial charge in [-0.15, -0.1) is 0 Å². The van der Waals surface area contributed by atoms with Crippen molar-refractivity contribution in [3.63, 3.8) is 0 Å². The fourth-order valence-electron chi connectivity index (χ4n) is 3.73. The Kier molecular flexibility index (Phi) is 10.4. The lowest BCUT2D eigenvalue weighted by Crippen LogP contribution is -2.03. The van der Waals surface area contributed by atoms with E-state index < -0.39 is 17.9 Å². The first kappa shape index (κ1) is 31.5. The van der Waals surface area contributed by atoms with Crippen molar-refractivity contribution < 1.29 is 33.7 Å². The minimum absolute atomic E-state index is 0.0129. The van der Waals surface area contributed by atoms with Gasteiger partial charge in [-0.2, -0.15) is 14.6 Å². The molecule has 0 aliphatic heterocycles. The molecule has 4 aromatic heterocycles. The second-order valence-corrected chi connectivity index (χ2v) is 10.9. The molecule has 4 heterocycles. The Morgan fingerprint density at radius 3 is 1.98 bits per heavy atom. The number of carboxylic acid groups (broad SMARTS) is 2. The molecular weight excluding hydrogens is 789 g/mol. The number of hydrogen-bond acceptors (Lipinski definition) is 8. The van der Waals surface area contributed by atoms with E-state index in [-0.39, 0.29) is 11.4 Å². The zero-order valence-corrected chi connectivity index (χ0v) is 26.6. The molecule has 12 nitrogen and oxygen atoms in total. The van der Waals surface area contributed by atoms with Crippen LogP contribution in [0.1, 0.15) is 21.0 Å². The van der Waals surface area contributed by atoms with Gasteiger partial charge in [0.25, 0.3) is 0 Å². The van der Waals surface area contributed by atoms with Crippen LogP contribution in [0.2, 0.25) is 0 Å². The SMILES string of the molecule is COc1ccc2[nH]nc(C(=O)O)c2c1.COc1ccc2c(c1)c(C(=O)O)nn2-c1cc(I)ccn1.Fc1cc(I)ccn1. The molecule has 0 atom stereocenters. The number of nitrogens with zero attached hydrogens (tertiary/aromatic N) is 5. The van der Waals surface area contributed by atoms with Gasteiger partial charge in [0.15, 0.2) is 17.2 Å². The van der Waals surface area contributed by atoms with Gasteiger partial charge in [-0.05, 0) is 99.8 Å². The number of carbonyl (C=O) groups is 2. The molecule has 0 aliphatic carbocycles. The Labute approximate surface area is 270 Å². The zero-order valence-electron chi connectivity index (χ0n) is 22.3. The summed E-state index contributed by atoms with van der Waals surface area (Å²) < 4.78 is 25.6. The Bertz CT molecular complexity index is 1910. The number of ether oxygens (including phenoxy) is 2. The number of aromatic carboxylic acids is 2. The highest BCUT2D eigenvalue weighted by atomic mass is 127. The van der Waals surface area contributed by atoms with E-state index in [2.05, 4.69) is 47.9 Å². The van der Waals surface area contributed by atoms with Crippen molar-refractivity contribution in [2.24, 2.45) is 0 Å². The highest BCUT2D eigenvalue weighted by molar-refractivity contribution is 14.1. The van der Waals surface area contributed by atoms with Crippen LogP contribution in [-0.4, -0.2) is 66.3 Å². The number of hydrogen-bond donors (Lipinski definition) is 3. The van der Waals surface area contributed by atoms with E-state index in [1.165, 1.54) is 31.2 Å². The average molecular weight is 810 g/mol. The van der Waals surface area contributed by atoms with Crippen molar-refractivity contribution in [2.75, 3.05) is 14.2 Å². The number of halogens is 3. The van der Waals surface area contributed by atoms with Gasteiger partial charge < -0.3 is 19.7 Å². The number of aromatic nitrogens is 6. The maximum absolute atomic E-state index is 12.1. The lowest BCUT2D eigenvalue weighted by Gasteiger charge is -2.03. The molecule has 0 fully saturated rings. The number of aromatic amines is 1. The van der Waals surface area contributed by atoms with E-state index in [0.29, 0.717) is 39.1 Å². The third kappa shape index (κ3) is 7.72. The molecule has 43 heavy (non-hydrogen) atoms. The molecule has 0 radical (unpaired) electrons. The van der Waals surface area contributed by atoms with Crippen LogP contribution in [0.4, 0.5) is 4.39 Å². The second-order valence-electron chi connectivity index (χ2n) is 8.37. The van der Waals surface area contributed by atoms with Gasteiger partial charge in [-0.25, -0.2) is 24.2 Å². The Balaban J connectivity index is 0.000000165. The first-order valence-electron chi connectivity index (χ1n) is 12.1. The van der Waals surface area contributed by atoms with Crippen LogP contribution in [-0.2, 0) is 0 Å². The molecule has 0 amide bonds. The number of pyridine rings is 2. The smallest absolute Gasteiger partial charge is 0.357 e. The molecular formula is C28H21FI2N6O6. The van der Waals surface area contributed by atoms with Crippen molar-refractivity contribution in [2.45, 2.75) is 0 Å². The Morgan fingerprint density at radius 2 is 1.42 bits per heavy atom. The van der Waals surface area contributed by atoms with Gasteiger partial charge in [0, 0.05) is 36.4 Å². The highest BCUT2D eigenvalue weighted by Crippen LogP contribution is 2.26. The highest BCUT2D eigenvalue weighted by Gasteiger charge is 2.18. The molecule has 0 aliphatic rings. The lowest BCUT2D eigenvalue weighted by atomic mass is 10.2. The van der Waals surface area contributed by atoms with Crippen LogP contribution in [0.5, 0.6) is 11.5 Å². The van der Waals surface area contributed by atoms with Crippen molar-refractivity contribution in [3.05, 3.63) is 97.5 Å². The minimum atomic E-state index is -1.09. The summed E-state index contributed by atoms with van der Waals surface area (Å²) in [5, 5.41) is 29.7. The number of nitrogens with one attached hydrogen (secondary N) is 1. The van der Waals surface area contributed by atoms with Crippen LogP contribution in [0.25, 0.3) is 27.6 Å². The quantitative estimate of drug-likeness (QED) is 0.143. The predicted octanol–water partition coefficient (Wildman–Crippen LogP) is 5.83. The summed E-state index contributed by atoms with van der Waals surface area (Å²) in [6.07, 6.45) is 3.10. The maximum atomic E-state index is 12.1. The summed E-state index contributed by atoms with van der Waals surface area (Å²) in [6.45, 7) is 0. The fraction of sp³-hybridized carbons (Fsp3) is 0.0714. The average Bonchev–Trinajstić information content (AvgIpc) is 3.59. The summed E-state index contributed by atoms with van der Waals surface area (Å²) in [4.78, 5) is 29.8. The molecule has 220 valence electrons. The molecule has 2 aromatic carbocycles. The van der Waals surface area contributed by atoms with Gasteiger partial charge >= 0.3 is 11.9 Å². The summed E-state index contributed by atoms with van der Waals surface area (Å²) in [5.74, 6) is -0.787. The van der Waals surface area contributed by atoms with E-state index in [0.717, 1.165) is 7.14 Å². The van der Waals surface area contributed by atoms with E-state index >= 15 is 0 Å². The maximum Gasteiger partial charge on any atom is 0.357 e. The topological polar surface area (TPSA) is 165 Å². The van der Waals surface area contributed by atoms with Crippen LogP contribution in [0.15, 0.2) is 73.1 Å². The molecule has 0 unspecified atom stereocenters. The number of fused-ring (bicyclic) bond motifs is 2. The van der Waals surface area contributed by atoms with Crippen LogP contribution in [0, 0.1) is 13.1 Å². The molecule has 6 aromatic rings. The van der Waals surface area contributed by atoms with E-state index in [4.69, 9.17) is 14.6 Å². The molecule has 6 rings (SSSR count). The number of benzene rings is 2. The summed E-state index contributed by atoms with van der Waals surface area (Å²) >= 11 is 4.20. The van der Waals surface area contributed by atoms with Gasteiger partial charge in [0.1, 0.15) is 11.5 Å². The Hall–Kier alpha value is -4.39. The minimum Gasteiger partial charge on any atom is -0.497 e. The second kappa shape index (κ2) is 14.2. The van der Waals surface area contributed by atoms with Crippen molar-refractivity contribution in [3.8, 4) is 17.3 Å². The predicted molar refractivity (Wildman–Crippen MR) is 172 cm³/mol. The van der Waals surface area contributed by atoms with Crippen molar-refractivity contribution >= 4 is 78.9 Å². The summed E-state index contributed by atoms with van der Waals surface area (Å²) in [7, 11) is 3.06. The largest absolute Gasteiger partial charge is 0.497 e. The first-order valence-corrected chi connectivity index (χ1v) is 14.2. The molecule has 0 saturated heterocycles. The summed E-state index contributed by atoms with van der Waals surface area (Å²) in [5.41, 5.74) is 1.34. The molecule has 0 bridgehead atoms. The number of H-pyrrole nitrogens is 1. The van der Waals surface area contributed by atoms with E-state index in [1.54, 1.807) is 48.7 Å². The third-order valence-corrected chi connectivity index (χ3v) is 7.02. The standard InChI is InChI=1S/C14H10IN3O3.C9H8N2O3.C5H3FIN/c1-21-9-2-3-11-10(7-9)13(14(19)20)17-18(11)12-6-8(15)4-5-16-12;1-14-5-2-3-7-6(4-5)8(9(12)13)11-10-7;6-5-3-4(7)1-2-8-5/h2-7H,1H3,(H,19,20);2-4H,1H3,(H,10,11)(H,12,13);1-3H. The van der Waals surface area contributed by atoms with Crippen molar-refractivity contribution in [1.82, 2.24) is 29.9 Å². The van der Waals surface area contributed by atoms with Crippen LogP contribution in [0.3, 0.4) is 0 Å². The van der Waals surface area contributed by atoms with Gasteiger partial charge in [-0.1, -0.05) is 0 Å².